The molecule has 2 aliphatic heterocycles. The van der Waals surface area contributed by atoms with Gasteiger partial charge in [0.15, 0.2) is 21.3 Å². The van der Waals surface area contributed by atoms with Gasteiger partial charge in [0.05, 0.1) is 22.6 Å². The molecule has 2 atom stereocenters. The number of ether oxygens (including phenoxy) is 2. The molecule has 1 aromatic carbocycles. The van der Waals surface area contributed by atoms with Crippen molar-refractivity contribution < 1.29 is 23.0 Å². The van der Waals surface area contributed by atoms with Crippen molar-refractivity contribution in [2.24, 2.45) is 5.92 Å². The Morgan fingerprint density at radius 2 is 2.16 bits per heavy atom. The van der Waals surface area contributed by atoms with E-state index in [9.17, 15) is 13.5 Å². The minimum absolute atomic E-state index is 0.0141. The Kier molecular flexibility index (Phi) is 3.11. The number of hydrogen-bond acceptors (Lipinski definition) is 5. The topological polar surface area (TPSA) is 72.8 Å². The highest BCUT2D eigenvalue weighted by atomic mass is 35.5. The van der Waals surface area contributed by atoms with Crippen LogP contribution in [0, 0.1) is 5.92 Å². The molecule has 0 aromatic heterocycles. The quantitative estimate of drug-likeness (QED) is 0.897. The van der Waals surface area contributed by atoms with Crippen molar-refractivity contribution in [2.45, 2.75) is 12.5 Å². The van der Waals surface area contributed by atoms with Gasteiger partial charge in [0.25, 0.3) is 0 Å². The third-order valence-electron chi connectivity index (χ3n) is 3.51. The van der Waals surface area contributed by atoms with Crippen molar-refractivity contribution in [3.63, 3.8) is 0 Å². The molecule has 0 bridgehead atoms. The van der Waals surface area contributed by atoms with Crippen molar-refractivity contribution in [3.05, 3.63) is 22.7 Å². The van der Waals surface area contributed by atoms with E-state index in [-0.39, 0.29) is 24.2 Å². The molecule has 1 aromatic rings. The summed E-state index contributed by atoms with van der Waals surface area (Å²) in [7, 11) is -3.02. The van der Waals surface area contributed by atoms with Gasteiger partial charge in [-0.05, 0) is 24.1 Å². The van der Waals surface area contributed by atoms with Crippen LogP contribution in [0.2, 0.25) is 5.02 Å². The van der Waals surface area contributed by atoms with Crippen LogP contribution in [-0.2, 0) is 9.84 Å². The predicted octanol–water partition coefficient (Wildman–Crippen LogP) is 1.54. The van der Waals surface area contributed by atoms with E-state index < -0.39 is 15.9 Å². The van der Waals surface area contributed by atoms with Crippen molar-refractivity contribution in [3.8, 4) is 11.5 Å². The highest BCUT2D eigenvalue weighted by Gasteiger charge is 2.34. The second-order valence-electron chi connectivity index (χ2n) is 4.84. The van der Waals surface area contributed by atoms with Gasteiger partial charge in [-0.25, -0.2) is 8.42 Å². The van der Waals surface area contributed by atoms with Crippen LogP contribution < -0.4 is 9.47 Å². The Bertz CT molecular complexity index is 613. The maximum absolute atomic E-state index is 11.4. The van der Waals surface area contributed by atoms with Gasteiger partial charge in [0.2, 0.25) is 6.79 Å². The zero-order chi connectivity index (χ0) is 13.6. The monoisotopic (exact) mass is 304 g/mol. The fourth-order valence-electron chi connectivity index (χ4n) is 2.50. The summed E-state index contributed by atoms with van der Waals surface area (Å²) in [5, 5.41) is 10.7. The van der Waals surface area contributed by atoms with Gasteiger partial charge in [0, 0.05) is 5.92 Å². The lowest BCUT2D eigenvalue weighted by Crippen LogP contribution is -2.14. The Morgan fingerprint density at radius 1 is 1.37 bits per heavy atom. The number of fused-ring (bicyclic) bond motifs is 1. The van der Waals surface area contributed by atoms with Crippen molar-refractivity contribution in [1.29, 1.82) is 0 Å². The molecule has 0 saturated carbocycles. The van der Waals surface area contributed by atoms with E-state index >= 15 is 0 Å². The molecular weight excluding hydrogens is 292 g/mol. The summed E-state index contributed by atoms with van der Waals surface area (Å²) in [5.41, 5.74) is 0.566. The Hall–Kier alpha value is -0.980. The van der Waals surface area contributed by atoms with Crippen LogP contribution in [0.1, 0.15) is 18.1 Å². The average Bonchev–Trinajstić information content (AvgIpc) is 2.94. The minimum Gasteiger partial charge on any atom is -0.454 e. The third-order valence-corrected chi connectivity index (χ3v) is 5.58. The van der Waals surface area contributed by atoms with E-state index in [0.29, 0.717) is 28.5 Å². The molecule has 1 saturated heterocycles. The highest BCUT2D eigenvalue weighted by Crippen LogP contribution is 2.43. The molecule has 1 fully saturated rings. The zero-order valence-electron chi connectivity index (χ0n) is 10.0. The molecule has 2 heterocycles. The van der Waals surface area contributed by atoms with Crippen LogP contribution in [0.25, 0.3) is 0 Å². The summed E-state index contributed by atoms with van der Waals surface area (Å²) in [6, 6.07) is 3.26. The van der Waals surface area contributed by atoms with E-state index in [4.69, 9.17) is 21.1 Å². The first-order chi connectivity index (χ1) is 8.96. The minimum atomic E-state index is -3.02. The van der Waals surface area contributed by atoms with Gasteiger partial charge in [-0.1, -0.05) is 11.6 Å². The molecule has 7 heteroatoms. The lowest BCUT2D eigenvalue weighted by molar-refractivity contribution is 0.120. The molecule has 0 radical (unpaired) electrons. The largest absolute Gasteiger partial charge is 0.454 e. The first kappa shape index (κ1) is 13.0. The lowest BCUT2D eigenvalue weighted by atomic mass is 9.95. The lowest BCUT2D eigenvalue weighted by Gasteiger charge is -2.17. The van der Waals surface area contributed by atoms with Crippen LogP contribution in [0.15, 0.2) is 12.1 Å². The molecule has 0 aliphatic carbocycles. The summed E-state index contributed by atoms with van der Waals surface area (Å²) in [4.78, 5) is 0. The van der Waals surface area contributed by atoms with Gasteiger partial charge < -0.3 is 14.6 Å². The maximum Gasteiger partial charge on any atom is 0.231 e. The molecular formula is C12H13ClO5S. The first-order valence-electron chi connectivity index (χ1n) is 5.94. The van der Waals surface area contributed by atoms with E-state index in [1.807, 2.05) is 0 Å². The molecule has 2 unspecified atom stereocenters. The van der Waals surface area contributed by atoms with Gasteiger partial charge in [0.1, 0.15) is 0 Å². The zero-order valence-corrected chi connectivity index (χ0v) is 11.6. The van der Waals surface area contributed by atoms with E-state index in [2.05, 4.69) is 0 Å². The molecule has 104 valence electrons. The summed E-state index contributed by atoms with van der Waals surface area (Å²) < 4.78 is 33.3. The summed E-state index contributed by atoms with van der Waals surface area (Å²) in [6.07, 6.45) is -0.389. The number of benzene rings is 1. The fraction of sp³-hybridized carbons (Fsp3) is 0.500. The summed E-state index contributed by atoms with van der Waals surface area (Å²) in [5.74, 6) is 0.813. The number of aliphatic hydroxyl groups is 1. The average molecular weight is 305 g/mol. The van der Waals surface area contributed by atoms with Crippen molar-refractivity contribution in [2.75, 3.05) is 18.3 Å². The Labute approximate surface area is 116 Å². The Balaban J connectivity index is 1.89. The Morgan fingerprint density at radius 3 is 2.84 bits per heavy atom. The number of halogens is 1. The third kappa shape index (κ3) is 2.40. The van der Waals surface area contributed by atoms with Crippen LogP contribution in [0.5, 0.6) is 11.5 Å². The van der Waals surface area contributed by atoms with E-state index in [0.717, 1.165) is 0 Å². The SMILES string of the molecule is O=S1(=O)CCC(C(O)c2cc(Cl)c3c(c2)OCO3)C1. The number of sulfone groups is 1. The predicted molar refractivity (Wildman–Crippen MR) is 69.3 cm³/mol. The molecule has 0 amide bonds. The van der Waals surface area contributed by atoms with Crippen LogP contribution in [0.3, 0.4) is 0 Å². The second-order valence-corrected chi connectivity index (χ2v) is 7.48. The van der Waals surface area contributed by atoms with Crippen LogP contribution >= 0.6 is 11.6 Å². The number of hydrogen-bond donors (Lipinski definition) is 1. The standard InChI is InChI=1S/C12H13ClO5S/c13-9-3-8(4-10-12(9)18-6-17-10)11(14)7-1-2-19(15,16)5-7/h3-4,7,11,14H,1-2,5-6H2. The molecule has 19 heavy (non-hydrogen) atoms. The number of aliphatic hydroxyl groups excluding tert-OH is 1. The summed E-state index contributed by atoms with van der Waals surface area (Å²) in [6.45, 7) is 0.104. The van der Waals surface area contributed by atoms with E-state index in [1.165, 1.54) is 0 Å². The van der Waals surface area contributed by atoms with Crippen molar-refractivity contribution in [1.82, 2.24) is 0 Å². The van der Waals surface area contributed by atoms with Crippen molar-refractivity contribution >= 4 is 21.4 Å². The van der Waals surface area contributed by atoms with E-state index in [1.54, 1.807) is 12.1 Å². The van der Waals surface area contributed by atoms with Crippen LogP contribution in [0.4, 0.5) is 0 Å². The van der Waals surface area contributed by atoms with Crippen LogP contribution in [-0.4, -0.2) is 31.8 Å². The molecule has 3 rings (SSSR count). The smallest absolute Gasteiger partial charge is 0.231 e. The summed E-state index contributed by atoms with van der Waals surface area (Å²) >= 11 is 6.05. The molecule has 0 spiro atoms. The highest BCUT2D eigenvalue weighted by molar-refractivity contribution is 7.91. The first-order valence-corrected chi connectivity index (χ1v) is 8.14. The molecule has 1 N–H and O–H groups in total. The normalized spacial score (nSPS) is 25.5. The maximum atomic E-state index is 11.4. The van der Waals surface area contributed by atoms with Gasteiger partial charge in [-0.2, -0.15) is 0 Å². The molecule has 2 aliphatic rings. The molecule has 5 nitrogen and oxygen atoms in total. The second kappa shape index (κ2) is 4.54. The fourth-order valence-corrected chi connectivity index (χ4v) is 4.61. The van der Waals surface area contributed by atoms with Gasteiger partial charge in [-0.15, -0.1) is 0 Å². The van der Waals surface area contributed by atoms with Gasteiger partial charge >= 0.3 is 0 Å². The van der Waals surface area contributed by atoms with Gasteiger partial charge in [-0.3, -0.25) is 0 Å². The number of rotatable bonds is 2.